The third-order valence-corrected chi connectivity index (χ3v) is 3.25. The van der Waals surface area contributed by atoms with Gasteiger partial charge in [-0.15, -0.1) is 0 Å². The number of aryl methyl sites for hydroxylation is 2. The summed E-state index contributed by atoms with van der Waals surface area (Å²) in [5, 5.41) is 6.52. The summed E-state index contributed by atoms with van der Waals surface area (Å²) < 4.78 is 9.69. The van der Waals surface area contributed by atoms with Gasteiger partial charge < -0.3 is 14.6 Å². The maximum atomic E-state index is 12.3. The third-order valence-electron chi connectivity index (χ3n) is 3.25. The number of benzene rings is 1. The molecule has 0 aliphatic carbocycles. The van der Waals surface area contributed by atoms with E-state index in [0.29, 0.717) is 33.8 Å². The number of nitrogens with zero attached hydrogens (tertiary/aromatic N) is 1. The molecule has 1 aromatic heterocycles. The molecule has 0 saturated heterocycles. The van der Waals surface area contributed by atoms with Crippen LogP contribution in [0, 0.1) is 20.8 Å². The lowest BCUT2D eigenvalue weighted by molar-refractivity contribution is 0.0599. The van der Waals surface area contributed by atoms with E-state index in [1.807, 2.05) is 0 Å². The van der Waals surface area contributed by atoms with E-state index in [2.05, 4.69) is 10.5 Å². The molecule has 0 atom stereocenters. The topological polar surface area (TPSA) is 81.4 Å². The Morgan fingerprint density at radius 2 is 1.95 bits per heavy atom. The normalized spacial score (nSPS) is 10.3. The predicted octanol–water partition coefficient (Wildman–Crippen LogP) is 2.64. The molecule has 0 fully saturated rings. The fraction of sp³-hybridized carbons (Fsp3) is 0.267. The molecule has 0 radical (unpaired) electrons. The molecule has 0 spiro atoms. The summed E-state index contributed by atoms with van der Waals surface area (Å²) >= 11 is 0. The molecule has 0 aliphatic heterocycles. The first-order valence-electron chi connectivity index (χ1n) is 6.37. The highest BCUT2D eigenvalue weighted by Crippen LogP contribution is 2.21. The van der Waals surface area contributed by atoms with Crippen LogP contribution in [0.1, 0.15) is 37.7 Å². The van der Waals surface area contributed by atoms with Crippen LogP contribution in [0.15, 0.2) is 22.7 Å². The Balaban J connectivity index is 2.32. The number of aromatic nitrogens is 1. The van der Waals surface area contributed by atoms with Gasteiger partial charge >= 0.3 is 5.97 Å². The number of nitrogens with one attached hydrogen (secondary N) is 1. The van der Waals surface area contributed by atoms with E-state index in [4.69, 9.17) is 9.26 Å². The number of carbonyl (C=O) groups is 2. The molecular weight excluding hydrogens is 272 g/mol. The molecule has 1 amide bonds. The van der Waals surface area contributed by atoms with E-state index in [9.17, 15) is 9.59 Å². The van der Waals surface area contributed by atoms with Crippen molar-refractivity contribution in [3.8, 4) is 0 Å². The summed E-state index contributed by atoms with van der Waals surface area (Å²) in [7, 11) is 1.32. The van der Waals surface area contributed by atoms with Crippen LogP contribution in [0.3, 0.4) is 0 Å². The van der Waals surface area contributed by atoms with Crippen molar-refractivity contribution >= 4 is 17.6 Å². The fourth-order valence-corrected chi connectivity index (χ4v) is 2.09. The molecule has 2 rings (SSSR count). The van der Waals surface area contributed by atoms with E-state index < -0.39 is 5.97 Å². The van der Waals surface area contributed by atoms with Crippen molar-refractivity contribution in [3.05, 3.63) is 46.3 Å². The second-order valence-electron chi connectivity index (χ2n) is 4.62. The summed E-state index contributed by atoms with van der Waals surface area (Å²) in [6, 6.07) is 5.05. The van der Waals surface area contributed by atoms with Gasteiger partial charge in [-0.1, -0.05) is 11.2 Å². The smallest absolute Gasteiger partial charge is 0.338 e. The maximum absolute atomic E-state index is 12.3. The number of anilines is 1. The largest absolute Gasteiger partial charge is 0.465 e. The Morgan fingerprint density at radius 3 is 2.52 bits per heavy atom. The molecule has 0 unspecified atom stereocenters. The van der Waals surface area contributed by atoms with Gasteiger partial charge in [0.15, 0.2) is 0 Å². The van der Waals surface area contributed by atoms with Gasteiger partial charge in [-0.25, -0.2) is 4.79 Å². The second kappa shape index (κ2) is 5.78. The average Bonchev–Trinajstić information content (AvgIpc) is 2.79. The number of esters is 1. The molecule has 1 heterocycles. The van der Waals surface area contributed by atoms with Gasteiger partial charge in [0.05, 0.1) is 18.4 Å². The highest BCUT2D eigenvalue weighted by atomic mass is 16.5. The molecule has 0 saturated carbocycles. The molecule has 110 valence electrons. The first-order chi connectivity index (χ1) is 9.95. The monoisotopic (exact) mass is 288 g/mol. The number of methoxy groups -OCH3 is 1. The van der Waals surface area contributed by atoms with E-state index in [0.717, 1.165) is 0 Å². The van der Waals surface area contributed by atoms with Crippen LogP contribution in [0.25, 0.3) is 0 Å². The first-order valence-corrected chi connectivity index (χ1v) is 6.37. The molecule has 1 aromatic carbocycles. The molecule has 6 nitrogen and oxygen atoms in total. The maximum Gasteiger partial charge on any atom is 0.338 e. The van der Waals surface area contributed by atoms with Crippen molar-refractivity contribution in [1.29, 1.82) is 0 Å². The molecule has 6 heteroatoms. The number of amides is 1. The molecular formula is C15H16N2O4. The van der Waals surface area contributed by atoms with Crippen molar-refractivity contribution < 1.29 is 18.8 Å². The first kappa shape index (κ1) is 14.8. The lowest BCUT2D eigenvalue weighted by atomic mass is 10.1. The Hall–Kier alpha value is -2.63. The van der Waals surface area contributed by atoms with Gasteiger partial charge in [0.2, 0.25) is 0 Å². The number of ether oxygens (including phenoxy) is 1. The number of hydrogen-bond donors (Lipinski definition) is 1. The van der Waals surface area contributed by atoms with E-state index >= 15 is 0 Å². The minimum atomic E-state index is -0.444. The van der Waals surface area contributed by atoms with E-state index in [-0.39, 0.29) is 5.91 Å². The lowest BCUT2D eigenvalue weighted by Crippen LogP contribution is -2.15. The van der Waals surface area contributed by atoms with Gasteiger partial charge in [0, 0.05) is 5.69 Å². The Bertz CT molecular complexity index is 684. The van der Waals surface area contributed by atoms with E-state index in [1.165, 1.54) is 7.11 Å². The summed E-state index contributed by atoms with van der Waals surface area (Å²) in [4.78, 5) is 23.9. The zero-order chi connectivity index (χ0) is 15.6. The predicted molar refractivity (Wildman–Crippen MR) is 76.4 cm³/mol. The van der Waals surface area contributed by atoms with Crippen LogP contribution < -0.4 is 5.32 Å². The molecule has 2 aromatic rings. The van der Waals surface area contributed by atoms with Crippen molar-refractivity contribution in [1.82, 2.24) is 5.16 Å². The zero-order valence-electron chi connectivity index (χ0n) is 12.3. The summed E-state index contributed by atoms with van der Waals surface area (Å²) in [5.74, 6) is -0.316. The van der Waals surface area contributed by atoms with Gasteiger partial charge in [0.25, 0.3) is 5.91 Å². The summed E-state index contributed by atoms with van der Waals surface area (Å²) in [5.41, 5.74) is 2.52. The summed E-state index contributed by atoms with van der Waals surface area (Å²) in [6.45, 7) is 5.12. The van der Waals surface area contributed by atoms with Crippen LogP contribution in [0.4, 0.5) is 5.69 Å². The number of rotatable bonds is 3. The highest BCUT2D eigenvalue weighted by molar-refractivity contribution is 6.06. The Labute approximate surface area is 122 Å². The van der Waals surface area contributed by atoms with Crippen molar-refractivity contribution in [2.45, 2.75) is 20.8 Å². The SMILES string of the molecule is COC(=O)c1cccc(NC(=O)c2c(C)noc2C)c1C. The van der Waals surface area contributed by atoms with Gasteiger partial charge in [-0.3, -0.25) is 4.79 Å². The molecule has 0 bridgehead atoms. The number of hydrogen-bond acceptors (Lipinski definition) is 5. The van der Waals surface area contributed by atoms with Crippen LogP contribution in [-0.4, -0.2) is 24.1 Å². The van der Waals surface area contributed by atoms with Crippen LogP contribution in [0.5, 0.6) is 0 Å². The fourth-order valence-electron chi connectivity index (χ4n) is 2.09. The van der Waals surface area contributed by atoms with Crippen LogP contribution >= 0.6 is 0 Å². The van der Waals surface area contributed by atoms with Crippen molar-refractivity contribution in [3.63, 3.8) is 0 Å². The van der Waals surface area contributed by atoms with Gasteiger partial charge in [-0.2, -0.15) is 0 Å². The van der Waals surface area contributed by atoms with Crippen molar-refractivity contribution in [2.75, 3.05) is 12.4 Å². The average molecular weight is 288 g/mol. The summed E-state index contributed by atoms with van der Waals surface area (Å²) in [6.07, 6.45) is 0. The molecule has 1 N–H and O–H groups in total. The minimum Gasteiger partial charge on any atom is -0.465 e. The van der Waals surface area contributed by atoms with Gasteiger partial charge in [0.1, 0.15) is 11.3 Å². The van der Waals surface area contributed by atoms with Crippen LogP contribution in [-0.2, 0) is 4.74 Å². The van der Waals surface area contributed by atoms with Gasteiger partial charge in [-0.05, 0) is 38.5 Å². The zero-order valence-corrected chi connectivity index (χ0v) is 12.3. The number of carbonyl (C=O) groups excluding carboxylic acids is 2. The standard InChI is InChI=1S/C15H16N2O4/c1-8-11(15(19)20-4)6-5-7-12(8)16-14(18)13-9(2)17-21-10(13)3/h5-7H,1-4H3,(H,16,18). The van der Waals surface area contributed by atoms with Crippen LogP contribution in [0.2, 0.25) is 0 Å². The van der Waals surface area contributed by atoms with E-state index in [1.54, 1.807) is 39.0 Å². The Morgan fingerprint density at radius 1 is 1.24 bits per heavy atom. The highest BCUT2D eigenvalue weighted by Gasteiger charge is 2.19. The third kappa shape index (κ3) is 2.79. The minimum absolute atomic E-state index is 0.323. The lowest BCUT2D eigenvalue weighted by Gasteiger charge is -2.11. The second-order valence-corrected chi connectivity index (χ2v) is 4.62. The quantitative estimate of drug-likeness (QED) is 0.878. The van der Waals surface area contributed by atoms with Crippen molar-refractivity contribution in [2.24, 2.45) is 0 Å². The molecule has 0 aliphatic rings. The molecule has 21 heavy (non-hydrogen) atoms. The Kier molecular flexibility index (Phi) is 4.07.